The number of nitrogens with one attached hydrogen (secondary N) is 1. The topological polar surface area (TPSA) is 64.6 Å². The van der Waals surface area contributed by atoms with E-state index >= 15 is 0 Å². The Labute approximate surface area is 126 Å². The molecule has 0 bridgehead atoms. The molecule has 0 heterocycles. The lowest BCUT2D eigenvalue weighted by atomic mass is 10.3. The predicted molar refractivity (Wildman–Crippen MR) is 76.7 cm³/mol. The van der Waals surface area contributed by atoms with Gasteiger partial charge in [0.05, 0.1) is 19.9 Å². The number of methoxy groups -OCH3 is 2. The summed E-state index contributed by atoms with van der Waals surface area (Å²) in [5, 5.41) is 0. The lowest BCUT2D eigenvalue weighted by molar-refractivity contribution is 0.395. The van der Waals surface area contributed by atoms with Crippen LogP contribution >= 0.6 is 0 Å². The van der Waals surface area contributed by atoms with Crippen molar-refractivity contribution in [3.05, 3.63) is 48.0 Å². The zero-order chi connectivity index (χ0) is 16.3. The summed E-state index contributed by atoms with van der Waals surface area (Å²) in [7, 11) is -1.52. The van der Waals surface area contributed by atoms with E-state index in [4.69, 9.17) is 9.47 Å². The van der Waals surface area contributed by atoms with Crippen molar-refractivity contribution in [3.63, 3.8) is 0 Å². The summed E-state index contributed by atoms with van der Waals surface area (Å²) >= 11 is 0. The molecule has 2 aromatic rings. The van der Waals surface area contributed by atoms with Gasteiger partial charge in [-0.1, -0.05) is 0 Å². The molecule has 0 unspecified atom stereocenters. The molecular weight excluding hydrogens is 316 g/mol. The third-order valence-corrected chi connectivity index (χ3v) is 4.22. The van der Waals surface area contributed by atoms with Gasteiger partial charge in [-0.05, 0) is 30.3 Å². The van der Waals surface area contributed by atoms with Gasteiger partial charge in [-0.3, -0.25) is 4.72 Å². The number of ether oxygens (including phenoxy) is 2. The highest BCUT2D eigenvalue weighted by atomic mass is 32.2. The highest BCUT2D eigenvalue weighted by molar-refractivity contribution is 7.92. The van der Waals surface area contributed by atoms with E-state index in [1.807, 2.05) is 0 Å². The minimum absolute atomic E-state index is 0.0759. The van der Waals surface area contributed by atoms with Crippen LogP contribution in [0.1, 0.15) is 0 Å². The summed E-state index contributed by atoms with van der Waals surface area (Å²) in [4.78, 5) is -0.787. The molecule has 118 valence electrons. The monoisotopic (exact) mass is 329 g/mol. The molecule has 8 heteroatoms. The second-order valence-electron chi connectivity index (χ2n) is 4.25. The first kappa shape index (κ1) is 16.0. The quantitative estimate of drug-likeness (QED) is 0.916. The van der Waals surface area contributed by atoms with Crippen LogP contribution in [0, 0.1) is 11.6 Å². The van der Waals surface area contributed by atoms with Gasteiger partial charge in [0, 0.05) is 6.07 Å². The summed E-state index contributed by atoms with van der Waals surface area (Å²) in [6.07, 6.45) is 0. The Kier molecular flexibility index (Phi) is 4.51. The fourth-order valence-electron chi connectivity index (χ4n) is 1.77. The average molecular weight is 329 g/mol. The van der Waals surface area contributed by atoms with Crippen LogP contribution in [0.25, 0.3) is 0 Å². The lowest BCUT2D eigenvalue weighted by Gasteiger charge is -2.13. The molecular formula is C14H13F2NO4S. The van der Waals surface area contributed by atoms with Gasteiger partial charge < -0.3 is 9.47 Å². The first-order chi connectivity index (χ1) is 10.4. The summed E-state index contributed by atoms with van der Waals surface area (Å²) in [5.41, 5.74) is 0.0759. The zero-order valence-electron chi connectivity index (χ0n) is 11.8. The molecule has 0 saturated carbocycles. The van der Waals surface area contributed by atoms with Crippen molar-refractivity contribution < 1.29 is 26.7 Å². The van der Waals surface area contributed by atoms with Crippen molar-refractivity contribution in [1.29, 1.82) is 0 Å². The van der Waals surface area contributed by atoms with E-state index in [2.05, 4.69) is 4.72 Å². The second kappa shape index (κ2) is 6.18. The van der Waals surface area contributed by atoms with Crippen LogP contribution < -0.4 is 14.2 Å². The number of rotatable bonds is 5. The molecule has 1 N–H and O–H groups in total. The van der Waals surface area contributed by atoms with Gasteiger partial charge in [0.2, 0.25) is 0 Å². The van der Waals surface area contributed by atoms with E-state index in [1.165, 1.54) is 32.4 Å². The molecule has 5 nitrogen and oxygen atoms in total. The van der Waals surface area contributed by atoms with E-state index < -0.39 is 26.6 Å². The van der Waals surface area contributed by atoms with Gasteiger partial charge in [-0.25, -0.2) is 17.2 Å². The number of hydrogen-bond acceptors (Lipinski definition) is 4. The lowest BCUT2D eigenvalue weighted by Crippen LogP contribution is -2.15. The molecule has 0 aliphatic carbocycles. The molecule has 0 radical (unpaired) electrons. The van der Waals surface area contributed by atoms with E-state index in [0.29, 0.717) is 11.8 Å². The van der Waals surface area contributed by atoms with Crippen LogP contribution in [0.15, 0.2) is 41.3 Å². The maximum Gasteiger partial charge on any atom is 0.265 e. The molecule has 22 heavy (non-hydrogen) atoms. The normalized spacial score (nSPS) is 11.1. The van der Waals surface area contributed by atoms with Gasteiger partial charge in [-0.15, -0.1) is 0 Å². The molecule has 0 atom stereocenters. The van der Waals surface area contributed by atoms with E-state index in [-0.39, 0.29) is 11.4 Å². The molecule has 0 amide bonds. The number of benzene rings is 2. The minimum atomic E-state index is -4.30. The van der Waals surface area contributed by atoms with Gasteiger partial charge in [0.1, 0.15) is 28.0 Å². The molecule has 0 saturated heterocycles. The largest absolute Gasteiger partial charge is 0.497 e. The summed E-state index contributed by atoms with van der Waals surface area (Å²) in [6.45, 7) is 0. The van der Waals surface area contributed by atoms with Crippen molar-refractivity contribution in [1.82, 2.24) is 0 Å². The van der Waals surface area contributed by atoms with Crippen molar-refractivity contribution >= 4 is 15.7 Å². The second-order valence-corrected chi connectivity index (χ2v) is 5.90. The van der Waals surface area contributed by atoms with Crippen molar-refractivity contribution in [3.8, 4) is 11.5 Å². The SMILES string of the molecule is COc1ccc(NS(=O)(=O)c2cc(F)ccc2F)c(OC)c1. The fourth-order valence-corrected chi connectivity index (χ4v) is 2.93. The van der Waals surface area contributed by atoms with Crippen LogP contribution in [-0.2, 0) is 10.0 Å². The number of anilines is 1. The van der Waals surface area contributed by atoms with Crippen molar-refractivity contribution in [2.24, 2.45) is 0 Å². The van der Waals surface area contributed by atoms with E-state index in [9.17, 15) is 17.2 Å². The van der Waals surface area contributed by atoms with Gasteiger partial charge >= 0.3 is 0 Å². The number of hydrogen-bond donors (Lipinski definition) is 1. The van der Waals surface area contributed by atoms with Gasteiger partial charge in [0.15, 0.2) is 0 Å². The number of halogens is 2. The van der Waals surface area contributed by atoms with Crippen LogP contribution in [0.4, 0.5) is 14.5 Å². The Morgan fingerprint density at radius 1 is 1.00 bits per heavy atom. The van der Waals surface area contributed by atoms with Crippen LogP contribution in [0.3, 0.4) is 0 Å². The van der Waals surface area contributed by atoms with Gasteiger partial charge in [-0.2, -0.15) is 0 Å². The molecule has 0 aromatic heterocycles. The van der Waals surface area contributed by atoms with Crippen LogP contribution in [0.2, 0.25) is 0 Å². The molecule has 0 fully saturated rings. The van der Waals surface area contributed by atoms with Crippen molar-refractivity contribution in [2.45, 2.75) is 4.90 Å². The third kappa shape index (κ3) is 3.28. The average Bonchev–Trinajstić information content (AvgIpc) is 2.49. The molecule has 2 aromatic carbocycles. The van der Waals surface area contributed by atoms with E-state index in [0.717, 1.165) is 12.1 Å². The molecule has 2 rings (SSSR count). The molecule has 0 spiro atoms. The fraction of sp³-hybridized carbons (Fsp3) is 0.143. The number of sulfonamides is 1. The van der Waals surface area contributed by atoms with Crippen LogP contribution in [-0.4, -0.2) is 22.6 Å². The Morgan fingerprint density at radius 2 is 1.73 bits per heavy atom. The highest BCUT2D eigenvalue weighted by Crippen LogP contribution is 2.31. The Morgan fingerprint density at radius 3 is 2.36 bits per heavy atom. The smallest absolute Gasteiger partial charge is 0.265 e. The summed E-state index contributed by atoms with van der Waals surface area (Å²) in [5.74, 6) is -1.28. The third-order valence-electron chi connectivity index (χ3n) is 2.84. The van der Waals surface area contributed by atoms with E-state index in [1.54, 1.807) is 0 Å². The zero-order valence-corrected chi connectivity index (χ0v) is 12.6. The Balaban J connectivity index is 2.43. The van der Waals surface area contributed by atoms with Crippen LogP contribution in [0.5, 0.6) is 11.5 Å². The highest BCUT2D eigenvalue weighted by Gasteiger charge is 2.21. The summed E-state index contributed by atoms with van der Waals surface area (Å²) in [6, 6.07) is 6.54. The molecule has 0 aliphatic rings. The maximum absolute atomic E-state index is 13.6. The maximum atomic E-state index is 13.6. The first-order valence-electron chi connectivity index (χ1n) is 6.07. The van der Waals surface area contributed by atoms with Gasteiger partial charge in [0.25, 0.3) is 10.0 Å². The first-order valence-corrected chi connectivity index (χ1v) is 7.55. The Hall–Kier alpha value is -2.35. The minimum Gasteiger partial charge on any atom is -0.497 e. The standard InChI is InChI=1S/C14H13F2NO4S/c1-20-10-4-6-12(13(8-10)21-2)17-22(18,19)14-7-9(15)3-5-11(14)16/h3-8,17H,1-2H3. The molecule has 0 aliphatic heterocycles. The predicted octanol–water partition coefficient (Wildman–Crippen LogP) is 2.78. The Bertz CT molecular complexity index is 793. The van der Waals surface area contributed by atoms with Crippen molar-refractivity contribution in [2.75, 3.05) is 18.9 Å². The summed E-state index contributed by atoms with van der Waals surface area (Å²) < 4.78 is 63.4.